The van der Waals surface area contributed by atoms with E-state index in [1.54, 1.807) is 19.4 Å². The van der Waals surface area contributed by atoms with Crippen molar-refractivity contribution in [1.29, 1.82) is 0 Å². The number of aromatic nitrogens is 3. The Labute approximate surface area is 149 Å². The number of pyridine rings is 1. The predicted molar refractivity (Wildman–Crippen MR) is 89.9 cm³/mol. The Morgan fingerprint density at radius 3 is 2.58 bits per heavy atom. The van der Waals surface area contributed by atoms with E-state index < -0.39 is 11.9 Å². The fraction of sp³-hybridized carbons (Fsp3) is 0.471. The van der Waals surface area contributed by atoms with Gasteiger partial charge in [0.2, 0.25) is 11.8 Å². The van der Waals surface area contributed by atoms with Gasteiger partial charge in [-0.3, -0.25) is 4.98 Å². The Hall–Kier alpha value is -2.42. The Kier molecular flexibility index (Phi) is 5.55. The molecule has 3 heterocycles. The van der Waals surface area contributed by atoms with Crippen molar-refractivity contribution in [3.05, 3.63) is 41.9 Å². The average molecular weight is 367 g/mol. The maximum Gasteiger partial charge on any atom is 0.433 e. The Morgan fingerprint density at radius 2 is 1.96 bits per heavy atom. The van der Waals surface area contributed by atoms with Gasteiger partial charge in [-0.2, -0.15) is 18.2 Å². The molecule has 9 heteroatoms. The van der Waals surface area contributed by atoms with Crippen molar-refractivity contribution in [2.24, 2.45) is 0 Å². The lowest BCUT2D eigenvalue weighted by Gasteiger charge is -2.32. The van der Waals surface area contributed by atoms with Gasteiger partial charge in [-0.15, -0.1) is 0 Å². The number of methoxy groups -OCH3 is 1. The normalized spacial score (nSPS) is 15.9. The van der Waals surface area contributed by atoms with Crippen molar-refractivity contribution in [3.8, 4) is 5.88 Å². The van der Waals surface area contributed by atoms with Gasteiger partial charge in [-0.1, -0.05) is 6.07 Å². The van der Waals surface area contributed by atoms with Crippen LogP contribution in [-0.2, 0) is 12.7 Å². The third kappa shape index (κ3) is 4.60. The highest BCUT2D eigenvalue weighted by Gasteiger charge is 2.32. The van der Waals surface area contributed by atoms with E-state index in [1.807, 2.05) is 0 Å². The lowest BCUT2D eigenvalue weighted by Crippen LogP contribution is -2.42. The standard InChI is InChI=1S/C17H20F3N5O/c1-26-15-4-7-21-16(24-15)25-8-5-13(6-9-25)22-10-12-2-3-14(23-11-12)17(18,19)20/h2-4,7,11,13,22H,5-6,8-10H2,1H3. The van der Waals surface area contributed by atoms with Gasteiger partial charge in [0.1, 0.15) is 5.69 Å². The molecule has 0 radical (unpaired) electrons. The minimum Gasteiger partial charge on any atom is -0.481 e. The van der Waals surface area contributed by atoms with Crippen molar-refractivity contribution < 1.29 is 17.9 Å². The number of anilines is 1. The van der Waals surface area contributed by atoms with Gasteiger partial charge in [-0.25, -0.2) is 4.98 Å². The van der Waals surface area contributed by atoms with Gasteiger partial charge >= 0.3 is 6.18 Å². The molecule has 1 N–H and O–H groups in total. The maximum atomic E-state index is 12.5. The van der Waals surface area contributed by atoms with E-state index in [0.29, 0.717) is 24.4 Å². The number of alkyl halides is 3. The number of halogens is 3. The molecule has 1 fully saturated rings. The first kappa shape index (κ1) is 18.4. The highest BCUT2D eigenvalue weighted by molar-refractivity contribution is 5.32. The van der Waals surface area contributed by atoms with Crippen molar-refractivity contribution >= 4 is 5.95 Å². The first-order valence-electron chi connectivity index (χ1n) is 8.33. The Morgan fingerprint density at radius 1 is 1.19 bits per heavy atom. The summed E-state index contributed by atoms with van der Waals surface area (Å²) in [5.41, 5.74) is -0.135. The minimum atomic E-state index is -4.40. The Balaban J connectivity index is 1.48. The highest BCUT2D eigenvalue weighted by Crippen LogP contribution is 2.27. The van der Waals surface area contributed by atoms with Gasteiger partial charge < -0.3 is 15.0 Å². The summed E-state index contributed by atoms with van der Waals surface area (Å²) < 4.78 is 42.7. The third-order valence-corrected chi connectivity index (χ3v) is 4.31. The average Bonchev–Trinajstić information content (AvgIpc) is 2.66. The van der Waals surface area contributed by atoms with Gasteiger partial charge in [-0.05, 0) is 24.5 Å². The monoisotopic (exact) mass is 367 g/mol. The lowest BCUT2D eigenvalue weighted by atomic mass is 10.0. The lowest BCUT2D eigenvalue weighted by molar-refractivity contribution is -0.141. The van der Waals surface area contributed by atoms with Gasteiger partial charge in [0, 0.05) is 44.1 Å². The van der Waals surface area contributed by atoms with Crippen LogP contribution in [0.25, 0.3) is 0 Å². The molecule has 6 nitrogen and oxygen atoms in total. The zero-order valence-corrected chi connectivity index (χ0v) is 14.3. The second-order valence-electron chi connectivity index (χ2n) is 6.09. The van der Waals surface area contributed by atoms with Crippen LogP contribution < -0.4 is 15.0 Å². The highest BCUT2D eigenvalue weighted by atomic mass is 19.4. The summed E-state index contributed by atoms with van der Waals surface area (Å²) in [4.78, 5) is 14.2. The van der Waals surface area contributed by atoms with Crippen LogP contribution in [0, 0.1) is 0 Å². The summed E-state index contributed by atoms with van der Waals surface area (Å²) >= 11 is 0. The molecular formula is C17H20F3N5O. The van der Waals surface area contributed by atoms with Crippen molar-refractivity contribution in [3.63, 3.8) is 0 Å². The van der Waals surface area contributed by atoms with Crippen LogP contribution in [0.15, 0.2) is 30.6 Å². The number of hydrogen-bond donors (Lipinski definition) is 1. The smallest absolute Gasteiger partial charge is 0.433 e. The molecule has 0 aliphatic carbocycles. The topological polar surface area (TPSA) is 63.2 Å². The SMILES string of the molecule is COc1ccnc(N2CCC(NCc3ccc(C(F)(F)F)nc3)CC2)n1. The molecule has 0 spiro atoms. The first-order chi connectivity index (χ1) is 12.5. The largest absolute Gasteiger partial charge is 0.481 e. The molecule has 2 aromatic heterocycles. The fourth-order valence-electron chi connectivity index (χ4n) is 2.84. The minimum absolute atomic E-state index is 0.291. The van der Waals surface area contributed by atoms with E-state index in [9.17, 15) is 13.2 Å². The zero-order chi connectivity index (χ0) is 18.6. The van der Waals surface area contributed by atoms with Crippen LogP contribution in [0.2, 0.25) is 0 Å². The number of nitrogens with zero attached hydrogens (tertiary/aromatic N) is 4. The summed E-state index contributed by atoms with van der Waals surface area (Å²) in [5.74, 6) is 1.18. The number of nitrogens with one attached hydrogen (secondary N) is 1. The van der Waals surface area contributed by atoms with Crippen LogP contribution in [0.1, 0.15) is 24.1 Å². The van der Waals surface area contributed by atoms with Crippen LogP contribution in [0.3, 0.4) is 0 Å². The Bertz CT molecular complexity index is 715. The second kappa shape index (κ2) is 7.86. The molecule has 1 aliphatic heterocycles. The van der Waals surface area contributed by atoms with Gasteiger partial charge in [0.15, 0.2) is 0 Å². The molecule has 26 heavy (non-hydrogen) atoms. The molecule has 1 saturated heterocycles. The van der Waals surface area contributed by atoms with Gasteiger partial charge in [0.25, 0.3) is 0 Å². The van der Waals surface area contributed by atoms with E-state index in [0.717, 1.165) is 37.6 Å². The predicted octanol–water partition coefficient (Wildman–Crippen LogP) is 2.66. The third-order valence-electron chi connectivity index (χ3n) is 4.31. The molecule has 2 aromatic rings. The van der Waals surface area contributed by atoms with Crippen molar-refractivity contribution in [2.75, 3.05) is 25.1 Å². The summed E-state index contributed by atoms with van der Waals surface area (Å²) in [6.45, 7) is 2.09. The molecule has 0 atom stereocenters. The molecule has 0 saturated carbocycles. The molecule has 3 rings (SSSR count). The fourth-order valence-corrected chi connectivity index (χ4v) is 2.84. The van der Waals surface area contributed by atoms with Crippen LogP contribution in [0.4, 0.5) is 19.1 Å². The quantitative estimate of drug-likeness (QED) is 0.877. The van der Waals surface area contributed by atoms with E-state index >= 15 is 0 Å². The van der Waals surface area contributed by atoms with Crippen molar-refractivity contribution in [1.82, 2.24) is 20.3 Å². The van der Waals surface area contributed by atoms with Gasteiger partial charge in [0.05, 0.1) is 7.11 Å². The van der Waals surface area contributed by atoms with E-state index in [2.05, 4.69) is 25.2 Å². The molecule has 0 unspecified atom stereocenters. The van der Waals surface area contributed by atoms with E-state index in [4.69, 9.17) is 4.74 Å². The number of piperidine rings is 1. The van der Waals surface area contributed by atoms with Crippen LogP contribution in [-0.4, -0.2) is 41.2 Å². The van der Waals surface area contributed by atoms with Crippen LogP contribution in [0.5, 0.6) is 5.88 Å². The maximum absolute atomic E-state index is 12.5. The molecule has 0 amide bonds. The zero-order valence-electron chi connectivity index (χ0n) is 14.3. The molecular weight excluding hydrogens is 347 g/mol. The van der Waals surface area contributed by atoms with Crippen molar-refractivity contribution in [2.45, 2.75) is 31.6 Å². The summed E-state index contributed by atoms with van der Waals surface area (Å²) in [5, 5.41) is 3.38. The number of hydrogen-bond acceptors (Lipinski definition) is 6. The first-order valence-corrected chi connectivity index (χ1v) is 8.33. The summed E-state index contributed by atoms with van der Waals surface area (Å²) in [6.07, 6.45) is 0.336. The molecule has 1 aliphatic rings. The number of ether oxygens (including phenoxy) is 1. The van der Waals surface area contributed by atoms with Crippen LogP contribution >= 0.6 is 0 Å². The molecule has 140 valence electrons. The second-order valence-corrected chi connectivity index (χ2v) is 6.09. The molecule has 0 aromatic carbocycles. The van der Waals surface area contributed by atoms with E-state index in [-0.39, 0.29) is 0 Å². The summed E-state index contributed by atoms with van der Waals surface area (Å²) in [7, 11) is 1.57. The number of rotatable bonds is 5. The summed E-state index contributed by atoms with van der Waals surface area (Å²) in [6, 6.07) is 4.47. The molecule has 0 bridgehead atoms. The van der Waals surface area contributed by atoms with E-state index in [1.165, 1.54) is 12.3 Å².